The minimum absolute atomic E-state index is 0.445. The van der Waals surface area contributed by atoms with Crippen molar-refractivity contribution in [2.24, 2.45) is 0 Å². The fourth-order valence-electron chi connectivity index (χ4n) is 0.661. The van der Waals surface area contributed by atoms with Crippen LogP contribution in [0.5, 0.6) is 0 Å². The first-order chi connectivity index (χ1) is 5.74. The summed E-state index contributed by atoms with van der Waals surface area (Å²) in [6, 6.07) is 0. The summed E-state index contributed by atoms with van der Waals surface area (Å²) in [6.07, 6.45) is 8.64. The van der Waals surface area contributed by atoms with Crippen molar-refractivity contribution in [2.45, 2.75) is 20.3 Å². The van der Waals surface area contributed by atoms with Crippen molar-refractivity contribution >= 4 is 17.9 Å². The van der Waals surface area contributed by atoms with Crippen molar-refractivity contribution in [3.63, 3.8) is 0 Å². The van der Waals surface area contributed by atoms with Gasteiger partial charge in [-0.2, -0.15) is 0 Å². The van der Waals surface area contributed by atoms with Gasteiger partial charge in [0, 0.05) is 11.5 Å². The molecule has 2 heteroatoms. The first-order valence-electron chi connectivity index (χ1n) is 3.83. The van der Waals surface area contributed by atoms with Crippen LogP contribution in [-0.4, -0.2) is 6.29 Å². The summed E-state index contributed by atoms with van der Waals surface area (Å²) in [4.78, 5) is 10.2. The van der Waals surface area contributed by atoms with Crippen LogP contribution in [0.1, 0.15) is 20.3 Å². The number of carbonyl (C=O) groups is 1. The Labute approximate surface area is 78.4 Å². The maximum absolute atomic E-state index is 10.2. The highest BCUT2D eigenvalue weighted by Crippen LogP contribution is 2.07. The molecule has 0 radical (unpaired) electrons. The van der Waals surface area contributed by atoms with E-state index in [0.717, 1.165) is 11.9 Å². The number of aldehydes is 1. The average Bonchev–Trinajstić information content (AvgIpc) is 2.11. The maximum Gasteiger partial charge on any atom is 0.124 e. The molecule has 66 valence electrons. The molecule has 0 spiro atoms. The Morgan fingerprint density at radius 2 is 1.92 bits per heavy atom. The van der Waals surface area contributed by atoms with Crippen LogP contribution < -0.4 is 0 Å². The summed E-state index contributed by atoms with van der Waals surface area (Å²) in [7, 11) is 0. The molecule has 0 aromatic carbocycles. The van der Waals surface area contributed by atoms with Crippen molar-refractivity contribution in [1.29, 1.82) is 0 Å². The fourth-order valence-corrected chi connectivity index (χ4v) is 0.724. The Kier molecular flexibility index (Phi) is 6.39. The minimum atomic E-state index is 0.445. The second-order valence-electron chi connectivity index (χ2n) is 2.24. The smallest absolute Gasteiger partial charge is 0.124 e. The molecule has 0 unspecified atom stereocenters. The molecule has 0 N–H and O–H groups in total. The Morgan fingerprint density at radius 3 is 2.33 bits per heavy atom. The lowest BCUT2D eigenvalue weighted by atomic mass is 10.2. The molecular weight excluding hydrogens is 172 g/mol. The number of rotatable bonds is 4. The zero-order valence-corrected chi connectivity index (χ0v) is 8.14. The van der Waals surface area contributed by atoms with E-state index in [1.165, 1.54) is 0 Å². The predicted octanol–water partition coefficient (Wildman–Crippen LogP) is 3.22. The Balaban J connectivity index is 4.21. The third-order valence-electron chi connectivity index (χ3n) is 1.42. The van der Waals surface area contributed by atoms with Gasteiger partial charge in [-0.3, -0.25) is 0 Å². The SMILES string of the molecule is C\C=C(/C=C\C(Cl)=C/C)CC=O. The van der Waals surface area contributed by atoms with E-state index in [1.54, 1.807) is 12.2 Å². The molecule has 0 saturated carbocycles. The summed E-state index contributed by atoms with van der Waals surface area (Å²) in [6.45, 7) is 3.76. The predicted molar refractivity (Wildman–Crippen MR) is 53.2 cm³/mol. The molecular formula is C10H13ClO. The summed E-state index contributed by atoms with van der Waals surface area (Å²) in [5, 5.41) is 0.681. The highest BCUT2D eigenvalue weighted by Gasteiger charge is 1.88. The fraction of sp³-hybridized carbons (Fsp3) is 0.300. The van der Waals surface area contributed by atoms with Gasteiger partial charge in [-0.05, 0) is 25.5 Å². The van der Waals surface area contributed by atoms with Crippen molar-refractivity contribution < 1.29 is 4.79 Å². The molecule has 0 aliphatic carbocycles. The van der Waals surface area contributed by atoms with Crippen LogP contribution >= 0.6 is 11.6 Å². The van der Waals surface area contributed by atoms with E-state index in [4.69, 9.17) is 11.6 Å². The van der Waals surface area contributed by atoms with Crippen molar-refractivity contribution in [1.82, 2.24) is 0 Å². The molecule has 0 aliphatic rings. The highest BCUT2D eigenvalue weighted by atomic mass is 35.5. The van der Waals surface area contributed by atoms with Crippen LogP contribution in [0.25, 0.3) is 0 Å². The molecule has 0 aliphatic heterocycles. The lowest BCUT2D eigenvalue weighted by molar-refractivity contribution is -0.107. The van der Waals surface area contributed by atoms with E-state index in [1.807, 2.05) is 26.0 Å². The van der Waals surface area contributed by atoms with Gasteiger partial charge in [-0.25, -0.2) is 0 Å². The van der Waals surface area contributed by atoms with E-state index in [-0.39, 0.29) is 0 Å². The highest BCUT2D eigenvalue weighted by molar-refractivity contribution is 6.31. The number of halogens is 1. The average molecular weight is 185 g/mol. The van der Waals surface area contributed by atoms with Crippen LogP contribution in [0.2, 0.25) is 0 Å². The summed E-state index contributed by atoms with van der Waals surface area (Å²) in [5.41, 5.74) is 0.977. The van der Waals surface area contributed by atoms with E-state index in [0.29, 0.717) is 11.5 Å². The van der Waals surface area contributed by atoms with Gasteiger partial charge in [0.2, 0.25) is 0 Å². The van der Waals surface area contributed by atoms with Gasteiger partial charge < -0.3 is 4.79 Å². The summed E-state index contributed by atoms with van der Waals surface area (Å²) >= 11 is 5.73. The number of carbonyl (C=O) groups excluding carboxylic acids is 1. The minimum Gasteiger partial charge on any atom is -0.303 e. The van der Waals surface area contributed by atoms with E-state index in [9.17, 15) is 4.79 Å². The lowest BCUT2D eigenvalue weighted by Gasteiger charge is -1.92. The van der Waals surface area contributed by atoms with Crippen LogP contribution in [0, 0.1) is 0 Å². The monoisotopic (exact) mass is 184 g/mol. The quantitative estimate of drug-likeness (QED) is 0.484. The van der Waals surface area contributed by atoms with Gasteiger partial charge in [0.1, 0.15) is 6.29 Å². The van der Waals surface area contributed by atoms with Crippen LogP contribution in [0.15, 0.2) is 34.9 Å². The molecule has 12 heavy (non-hydrogen) atoms. The Morgan fingerprint density at radius 1 is 1.25 bits per heavy atom. The largest absolute Gasteiger partial charge is 0.303 e. The first-order valence-corrected chi connectivity index (χ1v) is 4.21. The number of hydrogen-bond donors (Lipinski definition) is 0. The standard InChI is InChI=1S/C10H13ClO/c1-3-9(7-8-12)5-6-10(11)4-2/h3-6,8H,7H2,1-2H3/b6-5-,9-3+,10-4+. The second-order valence-corrected chi connectivity index (χ2v) is 2.68. The third-order valence-corrected chi connectivity index (χ3v) is 1.77. The molecule has 0 fully saturated rings. The zero-order valence-electron chi connectivity index (χ0n) is 7.38. The molecule has 0 aromatic heterocycles. The zero-order chi connectivity index (χ0) is 9.40. The van der Waals surface area contributed by atoms with Gasteiger partial charge in [0.05, 0.1) is 0 Å². The molecule has 0 heterocycles. The van der Waals surface area contributed by atoms with Gasteiger partial charge >= 0.3 is 0 Å². The number of allylic oxidation sites excluding steroid dienone is 6. The van der Waals surface area contributed by atoms with Gasteiger partial charge in [0.15, 0.2) is 0 Å². The normalized spacial score (nSPS) is 13.9. The van der Waals surface area contributed by atoms with E-state index < -0.39 is 0 Å². The number of hydrogen-bond acceptors (Lipinski definition) is 1. The molecule has 0 aromatic rings. The van der Waals surface area contributed by atoms with Crippen LogP contribution in [0.4, 0.5) is 0 Å². The van der Waals surface area contributed by atoms with Crippen molar-refractivity contribution in [3.8, 4) is 0 Å². The Hall–Kier alpha value is -0.820. The summed E-state index contributed by atoms with van der Waals surface area (Å²) in [5.74, 6) is 0. The topological polar surface area (TPSA) is 17.1 Å². The van der Waals surface area contributed by atoms with Gasteiger partial charge in [0.25, 0.3) is 0 Å². The van der Waals surface area contributed by atoms with Crippen molar-refractivity contribution in [3.05, 3.63) is 34.9 Å². The van der Waals surface area contributed by atoms with Gasteiger partial charge in [-0.1, -0.05) is 29.8 Å². The van der Waals surface area contributed by atoms with Crippen LogP contribution in [-0.2, 0) is 4.79 Å². The molecule has 0 atom stereocenters. The van der Waals surface area contributed by atoms with E-state index in [2.05, 4.69) is 0 Å². The second kappa shape index (κ2) is 6.86. The molecule has 0 amide bonds. The van der Waals surface area contributed by atoms with Crippen LogP contribution in [0.3, 0.4) is 0 Å². The van der Waals surface area contributed by atoms with E-state index >= 15 is 0 Å². The van der Waals surface area contributed by atoms with Crippen molar-refractivity contribution in [2.75, 3.05) is 0 Å². The molecule has 0 rings (SSSR count). The molecule has 0 saturated heterocycles. The van der Waals surface area contributed by atoms with Gasteiger partial charge in [-0.15, -0.1) is 0 Å². The Bertz CT molecular complexity index is 224. The molecule has 0 bridgehead atoms. The maximum atomic E-state index is 10.2. The summed E-state index contributed by atoms with van der Waals surface area (Å²) < 4.78 is 0. The molecule has 1 nitrogen and oxygen atoms in total. The first kappa shape index (κ1) is 11.2. The lowest BCUT2D eigenvalue weighted by Crippen LogP contribution is -1.78. The third kappa shape index (κ3) is 4.91.